The van der Waals surface area contributed by atoms with E-state index in [-0.39, 0.29) is 6.04 Å². The third-order valence-electron chi connectivity index (χ3n) is 1.67. The Labute approximate surface area is 71.6 Å². The maximum Gasteiger partial charge on any atom is 0.0952 e. The van der Waals surface area contributed by atoms with Crippen molar-refractivity contribution >= 4 is 0 Å². The third kappa shape index (κ3) is 2.36. The lowest BCUT2D eigenvalue weighted by Crippen LogP contribution is -2.25. The molecule has 0 saturated heterocycles. The summed E-state index contributed by atoms with van der Waals surface area (Å²) in [5.41, 5.74) is 1.07. The van der Waals surface area contributed by atoms with E-state index >= 15 is 0 Å². The summed E-state index contributed by atoms with van der Waals surface area (Å²) < 4.78 is 0. The number of aromatic nitrogens is 2. The summed E-state index contributed by atoms with van der Waals surface area (Å²) in [6, 6.07) is 2.12. The molecular weight excluding hydrogens is 152 g/mol. The summed E-state index contributed by atoms with van der Waals surface area (Å²) in [4.78, 5) is 0. The highest BCUT2D eigenvalue weighted by atomic mass is 15.1. The molecule has 4 heteroatoms. The Hall–Kier alpha value is -1.34. The van der Waals surface area contributed by atoms with Gasteiger partial charge < -0.3 is 0 Å². The molecule has 64 valence electrons. The smallest absolute Gasteiger partial charge is 0.0952 e. The van der Waals surface area contributed by atoms with Gasteiger partial charge in [0.15, 0.2) is 0 Å². The van der Waals surface area contributed by atoms with Crippen molar-refractivity contribution in [1.82, 2.24) is 15.5 Å². The van der Waals surface area contributed by atoms with Crippen LogP contribution in [0.15, 0.2) is 12.4 Å². The van der Waals surface area contributed by atoms with Crippen LogP contribution in [0.3, 0.4) is 0 Å². The van der Waals surface area contributed by atoms with Gasteiger partial charge in [-0.25, -0.2) is 0 Å². The van der Waals surface area contributed by atoms with Gasteiger partial charge in [0, 0.05) is 18.3 Å². The molecule has 1 atom stereocenters. The summed E-state index contributed by atoms with van der Waals surface area (Å²) in [5.74, 6) is 0. The van der Waals surface area contributed by atoms with Crippen LogP contribution in [0.2, 0.25) is 0 Å². The van der Waals surface area contributed by atoms with E-state index in [9.17, 15) is 0 Å². The van der Waals surface area contributed by atoms with Gasteiger partial charge in [0.25, 0.3) is 0 Å². The molecule has 1 rings (SSSR count). The first-order chi connectivity index (χ1) is 5.86. The number of rotatable bonds is 4. The van der Waals surface area contributed by atoms with E-state index in [0.717, 1.165) is 12.0 Å². The van der Waals surface area contributed by atoms with Crippen LogP contribution in [0.1, 0.15) is 18.9 Å². The maximum absolute atomic E-state index is 8.62. The molecule has 0 aliphatic heterocycles. The highest BCUT2D eigenvalue weighted by molar-refractivity contribution is 5.03. The summed E-state index contributed by atoms with van der Waals surface area (Å²) in [6.45, 7) is 2.68. The Balaban J connectivity index is 2.31. The van der Waals surface area contributed by atoms with Gasteiger partial charge in [-0.1, -0.05) is 6.92 Å². The number of hydrogen-bond acceptors (Lipinski definition) is 3. The molecule has 1 heterocycles. The summed E-state index contributed by atoms with van der Waals surface area (Å²) in [5, 5.41) is 18.2. The Morgan fingerprint density at radius 2 is 2.67 bits per heavy atom. The summed E-state index contributed by atoms with van der Waals surface area (Å²) in [6.07, 6.45) is 4.39. The van der Waals surface area contributed by atoms with Crippen molar-refractivity contribution in [3.8, 4) is 6.07 Å². The number of hydrogen-bond donors (Lipinski definition) is 2. The minimum absolute atomic E-state index is 0.0556. The average molecular weight is 164 g/mol. The van der Waals surface area contributed by atoms with Gasteiger partial charge in [-0.2, -0.15) is 10.4 Å². The lowest BCUT2D eigenvalue weighted by Gasteiger charge is -2.06. The van der Waals surface area contributed by atoms with Crippen LogP contribution in [0.4, 0.5) is 0 Å². The predicted octanol–water partition coefficient (Wildman–Crippen LogP) is 0.801. The molecule has 0 bridgehead atoms. The molecule has 0 aromatic carbocycles. The Morgan fingerprint density at radius 3 is 3.17 bits per heavy atom. The second-order valence-corrected chi connectivity index (χ2v) is 2.58. The first-order valence-corrected chi connectivity index (χ1v) is 3.97. The number of nitriles is 1. The lowest BCUT2D eigenvalue weighted by atomic mass is 10.2. The van der Waals surface area contributed by atoms with Crippen molar-refractivity contribution in [3.05, 3.63) is 18.0 Å². The van der Waals surface area contributed by atoms with Gasteiger partial charge >= 0.3 is 0 Å². The van der Waals surface area contributed by atoms with E-state index in [1.165, 1.54) is 0 Å². The van der Waals surface area contributed by atoms with Gasteiger partial charge in [-0.05, 0) is 6.42 Å². The van der Waals surface area contributed by atoms with Crippen LogP contribution in [-0.4, -0.2) is 16.2 Å². The second-order valence-electron chi connectivity index (χ2n) is 2.58. The molecule has 0 spiro atoms. The normalized spacial score (nSPS) is 12.3. The highest BCUT2D eigenvalue weighted by Crippen LogP contribution is 1.95. The summed E-state index contributed by atoms with van der Waals surface area (Å²) in [7, 11) is 0. The van der Waals surface area contributed by atoms with Crippen molar-refractivity contribution in [2.75, 3.05) is 0 Å². The Kier molecular flexibility index (Phi) is 3.30. The van der Waals surface area contributed by atoms with Crippen molar-refractivity contribution in [2.24, 2.45) is 0 Å². The minimum atomic E-state index is -0.0556. The van der Waals surface area contributed by atoms with E-state index < -0.39 is 0 Å². The van der Waals surface area contributed by atoms with Gasteiger partial charge in [-0.3, -0.25) is 10.4 Å². The highest BCUT2D eigenvalue weighted by Gasteiger charge is 2.02. The minimum Gasteiger partial charge on any atom is -0.298 e. The number of H-pyrrole nitrogens is 1. The van der Waals surface area contributed by atoms with Crippen LogP contribution in [0.25, 0.3) is 0 Å². The van der Waals surface area contributed by atoms with Crippen LogP contribution in [-0.2, 0) is 6.54 Å². The van der Waals surface area contributed by atoms with Gasteiger partial charge in [0.1, 0.15) is 0 Å². The van der Waals surface area contributed by atoms with E-state index in [2.05, 4.69) is 21.6 Å². The second kappa shape index (κ2) is 4.52. The molecule has 1 aromatic heterocycles. The third-order valence-corrected chi connectivity index (χ3v) is 1.67. The fourth-order valence-corrected chi connectivity index (χ4v) is 0.897. The summed E-state index contributed by atoms with van der Waals surface area (Å²) >= 11 is 0. The van der Waals surface area contributed by atoms with Gasteiger partial charge in [-0.15, -0.1) is 0 Å². The molecule has 0 amide bonds. The van der Waals surface area contributed by atoms with E-state index in [0.29, 0.717) is 6.54 Å². The van der Waals surface area contributed by atoms with Gasteiger partial charge in [0.05, 0.1) is 18.3 Å². The van der Waals surface area contributed by atoms with Crippen molar-refractivity contribution in [2.45, 2.75) is 25.9 Å². The van der Waals surface area contributed by atoms with Crippen LogP contribution < -0.4 is 5.32 Å². The molecular formula is C8H12N4. The quantitative estimate of drug-likeness (QED) is 0.691. The molecule has 12 heavy (non-hydrogen) atoms. The zero-order valence-electron chi connectivity index (χ0n) is 7.04. The van der Waals surface area contributed by atoms with E-state index in [4.69, 9.17) is 5.26 Å². The monoisotopic (exact) mass is 164 g/mol. The first kappa shape index (κ1) is 8.75. The van der Waals surface area contributed by atoms with Gasteiger partial charge in [0.2, 0.25) is 0 Å². The molecule has 0 aliphatic rings. The fraction of sp³-hybridized carbons (Fsp3) is 0.500. The van der Waals surface area contributed by atoms with E-state index in [1.807, 2.05) is 13.1 Å². The maximum atomic E-state index is 8.62. The molecule has 2 N–H and O–H groups in total. The molecule has 1 aromatic rings. The zero-order valence-corrected chi connectivity index (χ0v) is 7.04. The van der Waals surface area contributed by atoms with Crippen molar-refractivity contribution in [1.29, 1.82) is 5.26 Å². The standard InChI is InChI=1S/C8H12N4/c1-2-8(3-9)10-4-7-5-11-12-6-7/h5-6,8,10H,2,4H2,1H3,(H,11,12). The molecule has 0 aliphatic carbocycles. The number of nitrogens with one attached hydrogen (secondary N) is 2. The molecule has 0 fully saturated rings. The number of nitrogens with zero attached hydrogens (tertiary/aromatic N) is 2. The molecule has 4 nitrogen and oxygen atoms in total. The van der Waals surface area contributed by atoms with Crippen LogP contribution in [0, 0.1) is 11.3 Å². The topological polar surface area (TPSA) is 64.5 Å². The van der Waals surface area contributed by atoms with E-state index in [1.54, 1.807) is 6.20 Å². The predicted molar refractivity (Wildman–Crippen MR) is 45.1 cm³/mol. The van der Waals surface area contributed by atoms with Crippen LogP contribution in [0.5, 0.6) is 0 Å². The molecule has 0 saturated carbocycles. The fourth-order valence-electron chi connectivity index (χ4n) is 0.897. The van der Waals surface area contributed by atoms with Crippen LogP contribution >= 0.6 is 0 Å². The molecule has 1 unspecified atom stereocenters. The Morgan fingerprint density at radius 1 is 1.83 bits per heavy atom. The molecule has 0 radical (unpaired) electrons. The van der Waals surface area contributed by atoms with Crippen molar-refractivity contribution in [3.63, 3.8) is 0 Å². The SMILES string of the molecule is CCC(C#N)NCc1cn[nH]c1. The average Bonchev–Trinajstić information content (AvgIpc) is 2.59. The largest absolute Gasteiger partial charge is 0.298 e. The Bertz CT molecular complexity index is 247. The van der Waals surface area contributed by atoms with Crippen molar-refractivity contribution < 1.29 is 0 Å². The number of aromatic amines is 1. The first-order valence-electron chi connectivity index (χ1n) is 3.97. The zero-order chi connectivity index (χ0) is 8.81. The lowest BCUT2D eigenvalue weighted by molar-refractivity contribution is 0.587.